The Morgan fingerprint density at radius 3 is 2.44 bits per heavy atom. The van der Waals surface area contributed by atoms with Crippen molar-refractivity contribution < 1.29 is 4.79 Å². The zero-order chi connectivity index (χ0) is 18.9. The lowest BCUT2D eigenvalue weighted by Crippen LogP contribution is -2.30. The van der Waals surface area contributed by atoms with Crippen molar-refractivity contribution in [3.63, 3.8) is 0 Å². The van der Waals surface area contributed by atoms with Crippen molar-refractivity contribution in [2.45, 2.75) is 72.9 Å². The molecule has 5 nitrogen and oxygen atoms in total. The summed E-state index contributed by atoms with van der Waals surface area (Å²) in [7, 11) is 1.85. The average Bonchev–Trinajstić information content (AvgIpc) is 3.15. The Kier molecular flexibility index (Phi) is 6.03. The Labute approximate surface area is 155 Å². The fourth-order valence-electron chi connectivity index (χ4n) is 2.81. The highest BCUT2D eigenvalue weighted by molar-refractivity contribution is 7.11. The monoisotopic (exact) mass is 362 g/mol. The van der Waals surface area contributed by atoms with E-state index >= 15 is 0 Å². The second-order valence-electron chi connectivity index (χ2n) is 7.12. The molecule has 2 heterocycles. The molecule has 1 amide bonds. The number of hydrogen-bond donors (Lipinski definition) is 0. The first-order chi connectivity index (χ1) is 11.7. The van der Waals surface area contributed by atoms with Gasteiger partial charge in [0.15, 0.2) is 5.69 Å². The maximum atomic E-state index is 12.9. The van der Waals surface area contributed by atoms with Gasteiger partial charge in [0, 0.05) is 29.6 Å². The number of amides is 1. The Bertz CT molecular complexity index is 747. The summed E-state index contributed by atoms with van der Waals surface area (Å²) in [4.78, 5) is 20.5. The minimum Gasteiger partial charge on any atom is -0.333 e. The number of hydrogen-bond acceptors (Lipinski definition) is 4. The second-order valence-corrected chi connectivity index (χ2v) is 8.18. The number of carbonyl (C=O) groups is 1. The van der Waals surface area contributed by atoms with Gasteiger partial charge in [0.05, 0.1) is 16.7 Å². The standard InChI is InChI=1S/C19H30N4OS/c1-9-12(4)23-13(5)10-16(21-23)19(24)22(8)15(7)17-14(6)20-18(25-17)11(2)3/h10-12,15H,9H2,1-8H3. The summed E-state index contributed by atoms with van der Waals surface area (Å²) in [6, 6.07) is 2.16. The third-order valence-electron chi connectivity index (χ3n) is 4.77. The number of thiazole rings is 1. The molecule has 6 heteroatoms. The molecule has 0 N–H and O–H groups in total. The van der Waals surface area contributed by atoms with Crippen LogP contribution in [0.1, 0.15) is 90.8 Å². The molecule has 0 fully saturated rings. The fourth-order valence-corrected chi connectivity index (χ4v) is 3.97. The van der Waals surface area contributed by atoms with Crippen LogP contribution in [0, 0.1) is 13.8 Å². The molecule has 2 aromatic heterocycles. The maximum absolute atomic E-state index is 12.9. The van der Waals surface area contributed by atoms with Crippen LogP contribution in [0.25, 0.3) is 0 Å². The van der Waals surface area contributed by atoms with Gasteiger partial charge in [0.1, 0.15) is 0 Å². The van der Waals surface area contributed by atoms with Gasteiger partial charge in [-0.05, 0) is 40.2 Å². The predicted molar refractivity (Wildman–Crippen MR) is 103 cm³/mol. The Morgan fingerprint density at radius 2 is 1.92 bits per heavy atom. The summed E-state index contributed by atoms with van der Waals surface area (Å²) < 4.78 is 1.94. The molecule has 0 saturated carbocycles. The second kappa shape index (κ2) is 7.68. The van der Waals surface area contributed by atoms with Crippen molar-refractivity contribution >= 4 is 17.2 Å². The molecule has 2 unspecified atom stereocenters. The molecular weight excluding hydrogens is 332 g/mol. The summed E-state index contributed by atoms with van der Waals surface area (Å²) in [5.74, 6) is 0.357. The zero-order valence-corrected chi connectivity index (χ0v) is 17.4. The number of rotatable bonds is 6. The highest BCUT2D eigenvalue weighted by Crippen LogP contribution is 2.32. The van der Waals surface area contributed by atoms with E-state index in [1.54, 1.807) is 16.2 Å². The molecule has 0 spiro atoms. The first kappa shape index (κ1) is 19.6. The van der Waals surface area contributed by atoms with E-state index in [2.05, 4.69) is 44.7 Å². The van der Waals surface area contributed by atoms with Gasteiger partial charge in [0.2, 0.25) is 0 Å². The number of aromatic nitrogens is 3. The highest BCUT2D eigenvalue weighted by atomic mass is 32.1. The van der Waals surface area contributed by atoms with Crippen LogP contribution < -0.4 is 0 Å². The third kappa shape index (κ3) is 3.94. The van der Waals surface area contributed by atoms with Crippen LogP contribution in [0.4, 0.5) is 0 Å². The Balaban J connectivity index is 2.25. The van der Waals surface area contributed by atoms with E-state index in [-0.39, 0.29) is 11.9 Å². The molecule has 2 atom stereocenters. The van der Waals surface area contributed by atoms with Crippen molar-refractivity contribution in [1.82, 2.24) is 19.7 Å². The number of aryl methyl sites for hydroxylation is 2. The van der Waals surface area contributed by atoms with E-state index < -0.39 is 0 Å². The van der Waals surface area contributed by atoms with E-state index in [4.69, 9.17) is 0 Å². The molecule has 0 radical (unpaired) electrons. The van der Waals surface area contributed by atoms with Crippen LogP contribution in [0.2, 0.25) is 0 Å². The van der Waals surface area contributed by atoms with E-state index in [0.717, 1.165) is 27.7 Å². The molecule has 2 aromatic rings. The first-order valence-electron chi connectivity index (χ1n) is 8.97. The summed E-state index contributed by atoms with van der Waals surface area (Å²) in [6.07, 6.45) is 0.987. The quantitative estimate of drug-likeness (QED) is 0.735. The van der Waals surface area contributed by atoms with Gasteiger partial charge in [-0.1, -0.05) is 20.8 Å². The van der Waals surface area contributed by atoms with Crippen LogP contribution in [0.15, 0.2) is 6.07 Å². The van der Waals surface area contributed by atoms with Crippen LogP contribution in [-0.4, -0.2) is 32.6 Å². The van der Waals surface area contributed by atoms with Crippen molar-refractivity contribution in [2.75, 3.05) is 7.05 Å². The van der Waals surface area contributed by atoms with Gasteiger partial charge in [-0.2, -0.15) is 5.10 Å². The van der Waals surface area contributed by atoms with Crippen molar-refractivity contribution in [2.24, 2.45) is 0 Å². The van der Waals surface area contributed by atoms with Crippen LogP contribution >= 0.6 is 11.3 Å². The summed E-state index contributed by atoms with van der Waals surface area (Å²) in [5, 5.41) is 5.67. The number of carbonyl (C=O) groups excluding carboxylic acids is 1. The lowest BCUT2D eigenvalue weighted by molar-refractivity contribution is 0.0737. The SMILES string of the molecule is CCC(C)n1nc(C(=O)N(C)C(C)c2sc(C(C)C)nc2C)cc1C. The molecule has 0 aliphatic heterocycles. The van der Waals surface area contributed by atoms with E-state index in [1.807, 2.05) is 31.6 Å². The van der Waals surface area contributed by atoms with Gasteiger partial charge in [-0.15, -0.1) is 11.3 Å². The Hall–Kier alpha value is -1.69. The summed E-state index contributed by atoms with van der Waals surface area (Å²) in [5.41, 5.74) is 2.55. The van der Waals surface area contributed by atoms with E-state index in [1.165, 1.54) is 0 Å². The van der Waals surface area contributed by atoms with Gasteiger partial charge in [-0.25, -0.2) is 4.98 Å². The van der Waals surface area contributed by atoms with Crippen LogP contribution in [-0.2, 0) is 0 Å². The molecule has 25 heavy (non-hydrogen) atoms. The third-order valence-corrected chi connectivity index (χ3v) is 6.40. The van der Waals surface area contributed by atoms with Crippen molar-refractivity contribution in [1.29, 1.82) is 0 Å². The van der Waals surface area contributed by atoms with Crippen LogP contribution in [0.3, 0.4) is 0 Å². The van der Waals surface area contributed by atoms with Gasteiger partial charge in [-0.3, -0.25) is 9.48 Å². The normalized spacial score (nSPS) is 14.0. The molecule has 0 bridgehead atoms. The molecule has 0 saturated heterocycles. The predicted octanol–water partition coefficient (Wildman–Crippen LogP) is 4.88. The minimum atomic E-state index is -0.0449. The molecular formula is C19H30N4OS. The molecule has 0 aliphatic carbocycles. The zero-order valence-electron chi connectivity index (χ0n) is 16.6. The Morgan fingerprint density at radius 1 is 1.28 bits per heavy atom. The first-order valence-corrected chi connectivity index (χ1v) is 9.79. The van der Waals surface area contributed by atoms with Crippen molar-refractivity contribution in [3.8, 4) is 0 Å². The van der Waals surface area contributed by atoms with Gasteiger partial charge < -0.3 is 4.90 Å². The average molecular weight is 363 g/mol. The topological polar surface area (TPSA) is 51.0 Å². The lowest BCUT2D eigenvalue weighted by atomic mass is 10.2. The molecule has 2 rings (SSSR count). The molecule has 138 valence electrons. The minimum absolute atomic E-state index is 0.0217. The van der Waals surface area contributed by atoms with Crippen molar-refractivity contribution in [3.05, 3.63) is 33.0 Å². The largest absolute Gasteiger partial charge is 0.333 e. The van der Waals surface area contributed by atoms with E-state index in [9.17, 15) is 4.79 Å². The van der Waals surface area contributed by atoms with Crippen LogP contribution in [0.5, 0.6) is 0 Å². The maximum Gasteiger partial charge on any atom is 0.274 e. The lowest BCUT2D eigenvalue weighted by Gasteiger charge is -2.23. The number of nitrogens with zero attached hydrogens (tertiary/aromatic N) is 4. The van der Waals surface area contributed by atoms with Gasteiger partial charge in [0.25, 0.3) is 5.91 Å². The molecule has 0 aliphatic rings. The summed E-state index contributed by atoms with van der Waals surface area (Å²) in [6.45, 7) is 14.6. The smallest absolute Gasteiger partial charge is 0.274 e. The fraction of sp³-hybridized carbons (Fsp3) is 0.632. The van der Waals surface area contributed by atoms with E-state index in [0.29, 0.717) is 17.7 Å². The summed E-state index contributed by atoms with van der Waals surface area (Å²) >= 11 is 1.70. The molecule has 0 aromatic carbocycles. The van der Waals surface area contributed by atoms with Gasteiger partial charge >= 0.3 is 0 Å². The highest BCUT2D eigenvalue weighted by Gasteiger charge is 2.25.